The van der Waals surface area contributed by atoms with Gasteiger partial charge in [-0.1, -0.05) is 27.4 Å². The van der Waals surface area contributed by atoms with Gasteiger partial charge in [-0.05, 0) is 68.5 Å². The van der Waals surface area contributed by atoms with Crippen LogP contribution in [0, 0.1) is 23.7 Å². The first-order valence-corrected chi connectivity index (χ1v) is 21.3. The van der Waals surface area contributed by atoms with E-state index in [9.17, 15) is 24.0 Å². The fourth-order valence-electron chi connectivity index (χ4n) is 11.2. The van der Waals surface area contributed by atoms with Crippen LogP contribution in [0.25, 0.3) is 0 Å². The van der Waals surface area contributed by atoms with Gasteiger partial charge in [0.25, 0.3) is 0 Å². The van der Waals surface area contributed by atoms with E-state index in [1.807, 2.05) is 46.7 Å². The Bertz CT molecular complexity index is 1680. The molecule has 0 spiro atoms. The lowest BCUT2D eigenvalue weighted by Crippen LogP contribution is -2.71. The number of hydrogen-bond acceptors (Lipinski definition) is 16. The maximum Gasteiger partial charge on any atom is 0.411 e. The van der Waals surface area contributed by atoms with Gasteiger partial charge >= 0.3 is 24.0 Å². The molecule has 0 aromatic heterocycles. The lowest BCUT2D eigenvalue weighted by molar-refractivity contribution is -0.321. The molecule has 6 aliphatic heterocycles. The summed E-state index contributed by atoms with van der Waals surface area (Å²) < 4.78 is 64.0. The zero-order valence-electron chi connectivity index (χ0n) is 37.4. The normalized spacial score (nSPS) is 46.8. The molecule has 60 heavy (non-hydrogen) atoms. The summed E-state index contributed by atoms with van der Waals surface area (Å²) in [5.41, 5.74) is -3.96. The van der Waals surface area contributed by atoms with Gasteiger partial charge in [0, 0.05) is 38.4 Å². The van der Waals surface area contributed by atoms with Crippen molar-refractivity contribution in [3.8, 4) is 0 Å². The predicted molar refractivity (Wildman–Crippen MR) is 211 cm³/mol. The van der Waals surface area contributed by atoms with Gasteiger partial charge in [-0.25, -0.2) is 9.59 Å². The number of nitrogens with zero attached hydrogens (tertiary/aromatic N) is 2. The number of ketones is 1. The van der Waals surface area contributed by atoms with Gasteiger partial charge < -0.3 is 52.3 Å². The summed E-state index contributed by atoms with van der Waals surface area (Å²) in [6, 6.07) is -2.01. The van der Waals surface area contributed by atoms with Crippen LogP contribution in [-0.2, 0) is 66.5 Å². The van der Waals surface area contributed by atoms with Crippen molar-refractivity contribution in [1.82, 2.24) is 9.80 Å². The molecule has 17 nitrogen and oxygen atoms in total. The molecule has 6 aliphatic rings. The zero-order valence-corrected chi connectivity index (χ0v) is 37.4. The Labute approximate surface area is 353 Å². The first-order valence-electron chi connectivity index (χ1n) is 21.3. The molecule has 338 valence electrons. The average Bonchev–Trinajstić information content (AvgIpc) is 3.67. The van der Waals surface area contributed by atoms with Crippen LogP contribution in [0.5, 0.6) is 0 Å². The highest BCUT2D eigenvalue weighted by Gasteiger charge is 2.72. The van der Waals surface area contributed by atoms with Gasteiger partial charge in [-0.3, -0.25) is 19.3 Å². The van der Waals surface area contributed by atoms with E-state index in [2.05, 4.69) is 6.58 Å². The molecular weight excluding hydrogens is 784 g/mol. The number of piperidine rings is 1. The maximum atomic E-state index is 14.6. The minimum atomic E-state index is -1.46. The van der Waals surface area contributed by atoms with E-state index >= 15 is 0 Å². The number of Topliss-reactive ketones (excluding diaryl/α,β-unsaturated/α-hetero) is 1. The van der Waals surface area contributed by atoms with Crippen LogP contribution < -0.4 is 0 Å². The molecule has 6 saturated heterocycles. The van der Waals surface area contributed by atoms with Crippen LogP contribution in [0.1, 0.15) is 88.5 Å². The molecule has 0 N–H and O–H groups in total. The molecule has 6 rings (SSSR count). The third-order valence-electron chi connectivity index (χ3n) is 14.2. The largest absolute Gasteiger partial charge is 0.458 e. The van der Waals surface area contributed by atoms with Crippen molar-refractivity contribution in [1.29, 1.82) is 0 Å². The summed E-state index contributed by atoms with van der Waals surface area (Å²) >= 11 is 0. The van der Waals surface area contributed by atoms with Gasteiger partial charge in [0.15, 0.2) is 30.4 Å². The minimum Gasteiger partial charge on any atom is -0.458 e. The van der Waals surface area contributed by atoms with Gasteiger partial charge in [0.1, 0.15) is 23.1 Å². The number of carbonyl (C=O) groups excluding carboxylic acids is 5. The molecule has 1 amide bonds. The Kier molecular flexibility index (Phi) is 13.3. The molecule has 0 radical (unpaired) electrons. The number of carbonyl (C=O) groups is 5. The highest BCUT2D eigenvalue weighted by atomic mass is 16.7. The fourth-order valence-corrected chi connectivity index (χ4v) is 11.2. The second kappa shape index (κ2) is 17.2. The molecule has 4 bridgehead atoms. The topological polar surface area (TPSA) is 184 Å². The van der Waals surface area contributed by atoms with Gasteiger partial charge in [-0.15, -0.1) is 0 Å². The zero-order chi connectivity index (χ0) is 44.4. The number of hydrogen-bond donors (Lipinski definition) is 0. The van der Waals surface area contributed by atoms with E-state index in [-0.39, 0.29) is 37.4 Å². The lowest BCUT2D eigenvalue weighted by Gasteiger charge is -2.53. The number of esters is 3. The van der Waals surface area contributed by atoms with Crippen molar-refractivity contribution in [3.05, 3.63) is 12.7 Å². The Morgan fingerprint density at radius 1 is 0.933 bits per heavy atom. The molecule has 6 fully saturated rings. The smallest absolute Gasteiger partial charge is 0.411 e. The summed E-state index contributed by atoms with van der Waals surface area (Å²) in [5, 5.41) is 0. The molecule has 0 aromatic rings. The Morgan fingerprint density at radius 2 is 1.62 bits per heavy atom. The number of ether oxygens (including phenoxy) is 10. The van der Waals surface area contributed by atoms with Crippen molar-refractivity contribution in [2.75, 3.05) is 27.8 Å². The van der Waals surface area contributed by atoms with Crippen LogP contribution in [0.3, 0.4) is 0 Å². The van der Waals surface area contributed by atoms with E-state index in [0.717, 1.165) is 6.08 Å². The number of methoxy groups -OCH3 is 1. The number of cyclic esters (lactones) is 1. The van der Waals surface area contributed by atoms with Crippen molar-refractivity contribution < 1.29 is 71.3 Å². The van der Waals surface area contributed by atoms with E-state index in [0.29, 0.717) is 6.42 Å². The minimum absolute atomic E-state index is 0.0201. The van der Waals surface area contributed by atoms with E-state index in [1.165, 1.54) is 14.0 Å². The SMILES string of the molecule is C=CC(=O)O[C@H]1[C@H](C)O[C@@H](O[C@H]2[C@H](C)[C@@H](O[C@@H]3O[C@H](C)C[C@H](N(C)C)[C@H]3OC(C)=O)[C@]3(C)OC[C@H]4C(=O)[C@H](C)[C@H]5N(C(=O)O[C@]5(C)[C@@H](CC)OC(=O)[C@@H]2C)C43)C[C@@]1(C)OC. The summed E-state index contributed by atoms with van der Waals surface area (Å²) in [4.78, 5) is 72.1. The van der Waals surface area contributed by atoms with E-state index in [4.69, 9.17) is 47.4 Å². The van der Waals surface area contributed by atoms with Crippen LogP contribution in [0.2, 0.25) is 0 Å². The number of likely N-dealkylation sites (N-methyl/N-ethyl adjacent to an activating group) is 1. The first kappa shape index (κ1) is 46.3. The van der Waals surface area contributed by atoms with E-state index in [1.54, 1.807) is 39.5 Å². The quantitative estimate of drug-likeness (QED) is 0.176. The van der Waals surface area contributed by atoms with Gasteiger partial charge in [0.2, 0.25) is 0 Å². The lowest BCUT2D eigenvalue weighted by atomic mass is 9.67. The van der Waals surface area contributed by atoms with Gasteiger partial charge in [-0.2, -0.15) is 0 Å². The molecule has 0 saturated carbocycles. The molecular formula is C43H66N2O15. The summed E-state index contributed by atoms with van der Waals surface area (Å²) in [7, 11) is 5.27. The molecule has 6 heterocycles. The van der Waals surface area contributed by atoms with Crippen LogP contribution in [0.15, 0.2) is 12.7 Å². The van der Waals surface area contributed by atoms with Crippen molar-refractivity contribution in [2.45, 2.75) is 179 Å². The second-order valence-electron chi connectivity index (χ2n) is 18.5. The second-order valence-corrected chi connectivity index (χ2v) is 18.5. The Hall–Kier alpha value is -3.19. The fraction of sp³-hybridized carbons (Fsp3) is 0.837. The van der Waals surface area contributed by atoms with Crippen molar-refractivity contribution in [2.24, 2.45) is 23.7 Å². The molecule has 1 unspecified atom stereocenters. The average molecular weight is 851 g/mol. The molecule has 17 heteroatoms. The highest BCUT2D eigenvalue weighted by Crippen LogP contribution is 2.54. The Morgan fingerprint density at radius 3 is 2.22 bits per heavy atom. The monoisotopic (exact) mass is 850 g/mol. The molecule has 0 aromatic carbocycles. The summed E-state index contributed by atoms with van der Waals surface area (Å²) in [6.45, 7) is 20.9. The summed E-state index contributed by atoms with van der Waals surface area (Å²) in [6.07, 6.45) is -6.74. The molecule has 19 atom stereocenters. The maximum absolute atomic E-state index is 14.6. The third kappa shape index (κ3) is 7.89. The number of amides is 1. The third-order valence-corrected chi connectivity index (χ3v) is 14.2. The highest BCUT2D eigenvalue weighted by molar-refractivity contribution is 5.90. The van der Waals surface area contributed by atoms with Crippen molar-refractivity contribution in [3.63, 3.8) is 0 Å². The number of rotatable bonds is 10. The van der Waals surface area contributed by atoms with E-state index < -0.39 is 126 Å². The van der Waals surface area contributed by atoms with Gasteiger partial charge in [0.05, 0.1) is 61.0 Å². The van der Waals surface area contributed by atoms with Crippen LogP contribution >= 0.6 is 0 Å². The van der Waals surface area contributed by atoms with Crippen LogP contribution in [-0.4, -0.2) is 158 Å². The standard InChI is InChI=1S/C43H66N2O15/c1-15-28-42(10)34-21(4)31(48)26-19-52-43(11,35(26)45(34)40(50)60-42)36(59-39-33(55-25(8)46)27(44(12)13)17-20(3)53-39)22(5)32(23(6)38(49)56-28)58-30-18-41(9,51-14)37(24(7)54-30)57-29(47)16-2/h16,20-24,26-28,30,32-37,39H,2,15,17-19H2,1,3-14H3/t20-,21+,22+,23-,24+,26+,27+,28-,30+,32+,33-,34-,35?,36-,37+,39+,41-,42-,43-/m1/s1. The van der Waals surface area contributed by atoms with Crippen LogP contribution in [0.4, 0.5) is 4.79 Å². The predicted octanol–water partition coefficient (Wildman–Crippen LogP) is 3.57. The van der Waals surface area contributed by atoms with Crippen molar-refractivity contribution >= 4 is 29.8 Å². The summed E-state index contributed by atoms with van der Waals surface area (Å²) in [5.74, 6) is -5.16. The Balaban J connectivity index is 1.50. The first-order chi connectivity index (χ1) is 28.1. The molecule has 0 aliphatic carbocycles.